The summed E-state index contributed by atoms with van der Waals surface area (Å²) in [5.74, 6) is -0.0690. The van der Waals surface area contributed by atoms with E-state index < -0.39 is 5.91 Å². The van der Waals surface area contributed by atoms with Gasteiger partial charge in [-0.1, -0.05) is 41.9 Å². The van der Waals surface area contributed by atoms with E-state index in [9.17, 15) is 9.59 Å². The molecule has 3 heterocycles. The number of amides is 2. The van der Waals surface area contributed by atoms with Crippen molar-refractivity contribution in [3.8, 4) is 0 Å². The zero-order chi connectivity index (χ0) is 22.2. The van der Waals surface area contributed by atoms with Gasteiger partial charge in [0.15, 0.2) is 0 Å². The zero-order valence-corrected chi connectivity index (χ0v) is 18.5. The van der Waals surface area contributed by atoms with E-state index in [0.717, 1.165) is 54.2 Å². The summed E-state index contributed by atoms with van der Waals surface area (Å²) in [6.45, 7) is 3.75. The number of rotatable bonds is 5. The molecule has 3 aromatic rings. The van der Waals surface area contributed by atoms with Crippen molar-refractivity contribution in [3.05, 3.63) is 76.4 Å². The molecule has 2 fully saturated rings. The van der Waals surface area contributed by atoms with Gasteiger partial charge in [0.05, 0.1) is 17.0 Å². The summed E-state index contributed by atoms with van der Waals surface area (Å²) in [4.78, 5) is 34.0. The standard InChI is InChI=1S/C25H25ClN4O2/c26-19-7-5-16(6-8-19)12-29-13-18(14-29)25(32)30-10-9-17(15-30)23-11-21(24(27)31)20-3-1-2-4-22(20)28-23/h1-8,11,17-18H,9-10,12-15H2,(H2,27,31)/t17-/m0/s1. The monoisotopic (exact) mass is 448 g/mol. The third-order valence-corrected chi connectivity index (χ3v) is 6.80. The van der Waals surface area contributed by atoms with Crippen LogP contribution in [0.2, 0.25) is 5.02 Å². The second kappa shape index (κ2) is 8.52. The summed E-state index contributed by atoms with van der Waals surface area (Å²) < 4.78 is 0. The molecule has 0 aliphatic carbocycles. The molecule has 164 valence electrons. The molecule has 2 aliphatic rings. The number of primary amides is 1. The minimum absolute atomic E-state index is 0.0480. The molecule has 1 atom stereocenters. The Morgan fingerprint density at radius 3 is 2.56 bits per heavy atom. The quantitative estimate of drug-likeness (QED) is 0.648. The highest BCUT2D eigenvalue weighted by Crippen LogP contribution is 2.31. The maximum Gasteiger partial charge on any atom is 0.249 e. The molecule has 0 spiro atoms. The van der Waals surface area contributed by atoms with Crippen LogP contribution >= 0.6 is 11.6 Å². The third kappa shape index (κ3) is 4.08. The number of hydrogen-bond donors (Lipinski definition) is 1. The van der Waals surface area contributed by atoms with Crippen molar-refractivity contribution in [2.45, 2.75) is 18.9 Å². The molecule has 32 heavy (non-hydrogen) atoms. The first-order valence-electron chi connectivity index (χ1n) is 10.9. The Bertz CT molecular complexity index is 1170. The van der Waals surface area contributed by atoms with Crippen LogP contribution in [0, 0.1) is 5.92 Å². The lowest BCUT2D eigenvalue weighted by molar-refractivity contribution is -0.140. The van der Waals surface area contributed by atoms with Crippen LogP contribution in [0.15, 0.2) is 54.6 Å². The van der Waals surface area contributed by atoms with E-state index in [-0.39, 0.29) is 17.7 Å². The lowest BCUT2D eigenvalue weighted by atomic mass is 9.97. The third-order valence-electron chi connectivity index (χ3n) is 6.55. The van der Waals surface area contributed by atoms with Crippen molar-refractivity contribution < 1.29 is 9.59 Å². The number of carbonyl (C=O) groups is 2. The summed E-state index contributed by atoms with van der Waals surface area (Å²) in [6, 6.07) is 17.2. The van der Waals surface area contributed by atoms with E-state index in [2.05, 4.69) is 4.90 Å². The van der Waals surface area contributed by atoms with Gasteiger partial charge in [-0.05, 0) is 36.2 Å². The summed E-state index contributed by atoms with van der Waals surface area (Å²) in [5.41, 5.74) is 8.92. The number of aromatic nitrogens is 1. The molecule has 5 rings (SSSR count). The molecule has 0 bridgehead atoms. The van der Waals surface area contributed by atoms with Crippen molar-refractivity contribution in [1.82, 2.24) is 14.8 Å². The fraction of sp³-hybridized carbons (Fsp3) is 0.320. The number of nitrogens with two attached hydrogens (primary N) is 1. The molecule has 0 unspecified atom stereocenters. The van der Waals surface area contributed by atoms with Gasteiger partial charge in [-0.2, -0.15) is 0 Å². The minimum Gasteiger partial charge on any atom is -0.366 e. The Hall–Kier alpha value is -2.96. The van der Waals surface area contributed by atoms with Gasteiger partial charge in [-0.25, -0.2) is 0 Å². The molecule has 2 aromatic carbocycles. The van der Waals surface area contributed by atoms with Gasteiger partial charge in [0.2, 0.25) is 11.8 Å². The molecule has 6 nitrogen and oxygen atoms in total. The number of halogens is 1. The molecule has 2 amide bonds. The van der Waals surface area contributed by atoms with Gasteiger partial charge in [-0.15, -0.1) is 0 Å². The van der Waals surface area contributed by atoms with Gasteiger partial charge >= 0.3 is 0 Å². The average molecular weight is 449 g/mol. The highest BCUT2D eigenvalue weighted by molar-refractivity contribution is 6.30. The minimum atomic E-state index is -0.453. The van der Waals surface area contributed by atoms with Gasteiger partial charge in [0.1, 0.15) is 0 Å². The van der Waals surface area contributed by atoms with E-state index in [1.807, 2.05) is 53.4 Å². The van der Waals surface area contributed by atoms with Crippen molar-refractivity contribution in [3.63, 3.8) is 0 Å². The first-order valence-corrected chi connectivity index (χ1v) is 11.3. The second-order valence-electron chi connectivity index (χ2n) is 8.76. The number of benzene rings is 2. The number of para-hydroxylation sites is 1. The molecule has 1 aromatic heterocycles. The van der Waals surface area contributed by atoms with E-state index in [1.165, 1.54) is 5.56 Å². The first kappa shape index (κ1) is 20.9. The Morgan fingerprint density at radius 1 is 1.06 bits per heavy atom. The Labute approximate surface area is 192 Å². The van der Waals surface area contributed by atoms with Crippen molar-refractivity contribution in [2.75, 3.05) is 26.2 Å². The van der Waals surface area contributed by atoms with Crippen LogP contribution in [0.5, 0.6) is 0 Å². The molecule has 0 saturated carbocycles. The summed E-state index contributed by atoms with van der Waals surface area (Å²) in [6.07, 6.45) is 0.844. The normalized spacial score (nSPS) is 19.3. The van der Waals surface area contributed by atoms with E-state index in [1.54, 1.807) is 6.07 Å². The van der Waals surface area contributed by atoms with Gasteiger partial charge in [-0.3, -0.25) is 19.5 Å². The number of hydrogen-bond acceptors (Lipinski definition) is 4. The number of fused-ring (bicyclic) bond motifs is 1. The van der Waals surface area contributed by atoms with Crippen LogP contribution in [-0.2, 0) is 11.3 Å². The maximum atomic E-state index is 13.0. The van der Waals surface area contributed by atoms with Crippen LogP contribution in [-0.4, -0.2) is 52.8 Å². The highest BCUT2D eigenvalue weighted by Gasteiger charge is 2.38. The van der Waals surface area contributed by atoms with Gasteiger partial charge in [0, 0.05) is 54.7 Å². The number of likely N-dealkylation sites (tertiary alicyclic amines) is 2. The molecule has 2 aliphatic heterocycles. The van der Waals surface area contributed by atoms with Crippen LogP contribution in [0.1, 0.15) is 34.0 Å². The van der Waals surface area contributed by atoms with Crippen LogP contribution in [0.25, 0.3) is 10.9 Å². The van der Waals surface area contributed by atoms with E-state index in [4.69, 9.17) is 22.3 Å². The van der Waals surface area contributed by atoms with Gasteiger partial charge < -0.3 is 10.6 Å². The predicted octanol–water partition coefficient (Wildman–Crippen LogP) is 3.44. The smallest absolute Gasteiger partial charge is 0.249 e. The Morgan fingerprint density at radius 2 is 1.81 bits per heavy atom. The number of pyridine rings is 1. The topological polar surface area (TPSA) is 79.5 Å². The van der Waals surface area contributed by atoms with E-state index in [0.29, 0.717) is 12.1 Å². The second-order valence-corrected chi connectivity index (χ2v) is 9.20. The van der Waals surface area contributed by atoms with Crippen LogP contribution in [0.3, 0.4) is 0 Å². The summed E-state index contributed by atoms with van der Waals surface area (Å²) in [7, 11) is 0. The highest BCUT2D eigenvalue weighted by atomic mass is 35.5. The van der Waals surface area contributed by atoms with Crippen LogP contribution in [0.4, 0.5) is 0 Å². The number of carbonyl (C=O) groups excluding carboxylic acids is 2. The van der Waals surface area contributed by atoms with Crippen molar-refractivity contribution in [2.24, 2.45) is 11.7 Å². The SMILES string of the molecule is NC(=O)c1cc([C@H]2CCN(C(=O)C3CN(Cc4ccc(Cl)cc4)C3)C2)nc2ccccc12. The average Bonchev–Trinajstić information content (AvgIpc) is 3.26. The molecule has 2 N–H and O–H groups in total. The predicted molar refractivity (Wildman–Crippen MR) is 124 cm³/mol. The van der Waals surface area contributed by atoms with Crippen molar-refractivity contribution >= 4 is 34.3 Å². The molecule has 0 radical (unpaired) electrons. The first-order chi connectivity index (χ1) is 15.5. The van der Waals surface area contributed by atoms with E-state index >= 15 is 0 Å². The maximum absolute atomic E-state index is 13.0. The fourth-order valence-corrected chi connectivity index (χ4v) is 4.90. The van der Waals surface area contributed by atoms with Crippen LogP contribution < -0.4 is 5.73 Å². The molecule has 2 saturated heterocycles. The molecule has 7 heteroatoms. The van der Waals surface area contributed by atoms with Gasteiger partial charge in [0.25, 0.3) is 0 Å². The molecular formula is C25H25ClN4O2. The Kier molecular flexibility index (Phi) is 5.57. The molecular weight excluding hydrogens is 424 g/mol. The number of nitrogens with zero attached hydrogens (tertiary/aromatic N) is 3. The summed E-state index contributed by atoms with van der Waals surface area (Å²) >= 11 is 5.95. The largest absolute Gasteiger partial charge is 0.366 e. The Balaban J connectivity index is 1.22. The van der Waals surface area contributed by atoms with Crippen molar-refractivity contribution in [1.29, 1.82) is 0 Å². The lowest BCUT2D eigenvalue weighted by Gasteiger charge is -2.40. The zero-order valence-electron chi connectivity index (χ0n) is 17.7. The fourth-order valence-electron chi connectivity index (χ4n) is 4.77. The summed E-state index contributed by atoms with van der Waals surface area (Å²) in [5, 5.41) is 1.50. The lowest BCUT2D eigenvalue weighted by Crippen LogP contribution is -2.53.